The van der Waals surface area contributed by atoms with Gasteiger partial charge in [-0.05, 0) is 42.0 Å². The Kier molecular flexibility index (Phi) is 4.16. The molecule has 3 rings (SSSR count). The van der Waals surface area contributed by atoms with E-state index < -0.39 is 0 Å². The Bertz CT molecular complexity index is 676. The molecule has 0 aromatic heterocycles. The molecule has 0 saturated carbocycles. The largest absolute Gasteiger partial charge is 0.0622 e. The molecule has 0 N–H and O–H groups in total. The fourth-order valence-electron chi connectivity index (χ4n) is 2.55. The van der Waals surface area contributed by atoms with Gasteiger partial charge in [-0.3, -0.25) is 0 Å². The molecule has 0 aliphatic carbocycles. The Hall–Kier alpha value is -2.34. The summed E-state index contributed by atoms with van der Waals surface area (Å²) >= 11 is 0. The Morgan fingerprint density at radius 1 is 0.476 bits per heavy atom. The van der Waals surface area contributed by atoms with E-state index in [4.69, 9.17) is 0 Å². The highest BCUT2D eigenvalue weighted by Gasteiger charge is 1.99. The van der Waals surface area contributed by atoms with Gasteiger partial charge < -0.3 is 0 Å². The van der Waals surface area contributed by atoms with Gasteiger partial charge in [-0.1, -0.05) is 84.4 Å². The number of hydrogen-bond donors (Lipinski definition) is 0. The van der Waals surface area contributed by atoms with E-state index in [1.807, 2.05) is 0 Å². The van der Waals surface area contributed by atoms with Crippen molar-refractivity contribution in [2.24, 2.45) is 0 Å². The van der Waals surface area contributed by atoms with Gasteiger partial charge in [-0.25, -0.2) is 0 Å². The first-order valence-electron chi connectivity index (χ1n) is 7.47. The summed E-state index contributed by atoms with van der Waals surface area (Å²) in [5, 5.41) is 0. The molecule has 0 saturated heterocycles. The predicted molar refractivity (Wildman–Crippen MR) is 89.7 cm³/mol. The highest BCUT2D eigenvalue weighted by atomic mass is 14.0. The summed E-state index contributed by atoms with van der Waals surface area (Å²) in [6, 6.07) is 28.4. The minimum atomic E-state index is 1.01. The predicted octanol–water partition coefficient (Wildman–Crippen LogP) is 5.18. The van der Waals surface area contributed by atoms with Crippen molar-refractivity contribution in [1.82, 2.24) is 0 Å². The minimum absolute atomic E-state index is 1.01. The number of rotatable bonds is 4. The number of aryl methyl sites for hydroxylation is 1. The molecule has 0 radical (unpaired) electrons. The van der Waals surface area contributed by atoms with Crippen LogP contribution in [0.2, 0.25) is 0 Å². The summed E-state index contributed by atoms with van der Waals surface area (Å²) in [5.74, 6) is 0. The van der Waals surface area contributed by atoms with Crippen LogP contribution in [0.3, 0.4) is 0 Å². The second-order valence-electron chi connectivity index (χ2n) is 5.64. The Balaban J connectivity index is 1.68. The van der Waals surface area contributed by atoms with Crippen LogP contribution in [0.1, 0.15) is 27.8 Å². The first-order valence-corrected chi connectivity index (χ1v) is 7.47. The third kappa shape index (κ3) is 3.82. The second kappa shape index (κ2) is 6.41. The second-order valence-corrected chi connectivity index (χ2v) is 5.64. The minimum Gasteiger partial charge on any atom is -0.0622 e. The highest BCUT2D eigenvalue weighted by Crippen LogP contribution is 2.14. The van der Waals surface area contributed by atoms with E-state index in [1.54, 1.807) is 0 Å². The van der Waals surface area contributed by atoms with Crippen LogP contribution in [-0.2, 0) is 12.8 Å². The van der Waals surface area contributed by atoms with Crippen molar-refractivity contribution in [2.45, 2.75) is 19.8 Å². The van der Waals surface area contributed by atoms with Gasteiger partial charge in [0.1, 0.15) is 0 Å². The van der Waals surface area contributed by atoms with E-state index in [0.29, 0.717) is 0 Å². The molecule has 0 aliphatic heterocycles. The lowest BCUT2D eigenvalue weighted by Crippen LogP contribution is -1.91. The van der Waals surface area contributed by atoms with Gasteiger partial charge >= 0.3 is 0 Å². The molecule has 0 heterocycles. The van der Waals surface area contributed by atoms with E-state index in [9.17, 15) is 0 Å². The van der Waals surface area contributed by atoms with Crippen LogP contribution in [0, 0.1) is 6.92 Å². The van der Waals surface area contributed by atoms with Crippen LogP contribution in [-0.4, -0.2) is 0 Å². The molecule has 21 heavy (non-hydrogen) atoms. The number of benzene rings is 3. The normalized spacial score (nSPS) is 10.5. The van der Waals surface area contributed by atoms with Crippen LogP contribution in [0.4, 0.5) is 0 Å². The molecule has 0 fully saturated rings. The van der Waals surface area contributed by atoms with Crippen molar-refractivity contribution >= 4 is 0 Å². The lowest BCUT2D eigenvalue weighted by Gasteiger charge is -2.05. The van der Waals surface area contributed by atoms with E-state index in [2.05, 4.69) is 85.8 Å². The van der Waals surface area contributed by atoms with Crippen LogP contribution >= 0.6 is 0 Å². The first-order chi connectivity index (χ1) is 10.3. The topological polar surface area (TPSA) is 0 Å². The molecule has 0 unspecified atom stereocenters. The summed E-state index contributed by atoms with van der Waals surface area (Å²) in [6.07, 6.45) is 2.01. The quantitative estimate of drug-likeness (QED) is 0.614. The molecule has 0 spiro atoms. The summed E-state index contributed by atoms with van der Waals surface area (Å²) in [6.45, 7) is 2.13. The zero-order valence-electron chi connectivity index (χ0n) is 12.4. The summed E-state index contributed by atoms with van der Waals surface area (Å²) in [7, 11) is 0. The molecule has 3 aromatic carbocycles. The van der Waals surface area contributed by atoms with E-state index in [1.165, 1.54) is 27.8 Å². The van der Waals surface area contributed by atoms with Crippen LogP contribution in [0.5, 0.6) is 0 Å². The Morgan fingerprint density at radius 3 is 1.33 bits per heavy atom. The monoisotopic (exact) mass is 272 g/mol. The van der Waals surface area contributed by atoms with Crippen molar-refractivity contribution < 1.29 is 0 Å². The van der Waals surface area contributed by atoms with Crippen LogP contribution < -0.4 is 0 Å². The molecular formula is C21H20. The highest BCUT2D eigenvalue weighted by molar-refractivity contribution is 5.32. The lowest BCUT2D eigenvalue weighted by atomic mass is 10.00. The van der Waals surface area contributed by atoms with E-state index in [0.717, 1.165) is 12.8 Å². The maximum Gasteiger partial charge on any atom is -0.00258 e. The van der Waals surface area contributed by atoms with Crippen molar-refractivity contribution in [3.63, 3.8) is 0 Å². The van der Waals surface area contributed by atoms with Gasteiger partial charge in [0, 0.05) is 0 Å². The molecule has 0 amide bonds. The molecule has 0 bridgehead atoms. The standard InChI is InChI=1S/C21H20/c1-17-7-9-19(10-8-17)16-21-13-11-20(12-14-21)15-18-5-3-2-4-6-18/h2-14H,15-16H2,1H3. The van der Waals surface area contributed by atoms with Gasteiger partial charge in [-0.15, -0.1) is 0 Å². The maximum atomic E-state index is 2.25. The summed E-state index contributed by atoms with van der Waals surface area (Å²) < 4.78 is 0. The fourth-order valence-corrected chi connectivity index (χ4v) is 2.55. The lowest BCUT2D eigenvalue weighted by molar-refractivity contribution is 1.15. The Morgan fingerprint density at radius 2 is 0.857 bits per heavy atom. The van der Waals surface area contributed by atoms with Crippen molar-refractivity contribution in [2.75, 3.05) is 0 Å². The SMILES string of the molecule is Cc1ccc(Cc2ccc(Cc3ccccc3)cc2)cc1. The van der Waals surface area contributed by atoms with Gasteiger partial charge in [0.15, 0.2) is 0 Å². The van der Waals surface area contributed by atoms with Gasteiger partial charge in [0.25, 0.3) is 0 Å². The Labute approximate surface area is 127 Å². The van der Waals surface area contributed by atoms with Crippen molar-refractivity contribution in [3.05, 3.63) is 107 Å². The molecule has 0 aliphatic rings. The first kappa shape index (κ1) is 13.6. The van der Waals surface area contributed by atoms with E-state index >= 15 is 0 Å². The average molecular weight is 272 g/mol. The summed E-state index contributed by atoms with van der Waals surface area (Å²) in [4.78, 5) is 0. The molecule has 104 valence electrons. The maximum absolute atomic E-state index is 2.25. The zero-order valence-corrected chi connectivity index (χ0v) is 12.4. The molecule has 0 nitrogen and oxygen atoms in total. The van der Waals surface area contributed by atoms with Crippen molar-refractivity contribution in [1.29, 1.82) is 0 Å². The van der Waals surface area contributed by atoms with Gasteiger partial charge in [-0.2, -0.15) is 0 Å². The van der Waals surface area contributed by atoms with Crippen LogP contribution in [0.25, 0.3) is 0 Å². The van der Waals surface area contributed by atoms with Crippen molar-refractivity contribution in [3.8, 4) is 0 Å². The third-order valence-corrected chi connectivity index (χ3v) is 3.80. The van der Waals surface area contributed by atoms with Gasteiger partial charge in [0.05, 0.1) is 0 Å². The molecule has 0 atom stereocenters. The molecular weight excluding hydrogens is 252 g/mol. The molecule has 0 heteroatoms. The zero-order chi connectivity index (χ0) is 14.5. The van der Waals surface area contributed by atoms with Gasteiger partial charge in [0.2, 0.25) is 0 Å². The smallest absolute Gasteiger partial charge is 0.00258 e. The molecule has 3 aromatic rings. The summed E-state index contributed by atoms with van der Waals surface area (Å²) in [5.41, 5.74) is 6.79. The van der Waals surface area contributed by atoms with Crippen LogP contribution in [0.15, 0.2) is 78.9 Å². The number of hydrogen-bond acceptors (Lipinski definition) is 0. The fraction of sp³-hybridized carbons (Fsp3) is 0.143. The third-order valence-electron chi connectivity index (χ3n) is 3.80. The average Bonchev–Trinajstić information content (AvgIpc) is 2.53. The van der Waals surface area contributed by atoms with E-state index in [-0.39, 0.29) is 0 Å².